The van der Waals surface area contributed by atoms with E-state index in [9.17, 15) is 14.0 Å². The van der Waals surface area contributed by atoms with E-state index in [1.165, 1.54) is 30.0 Å². The molecule has 1 heterocycles. The van der Waals surface area contributed by atoms with E-state index in [4.69, 9.17) is 9.84 Å². The Labute approximate surface area is 122 Å². The van der Waals surface area contributed by atoms with Crippen molar-refractivity contribution in [2.75, 3.05) is 18.1 Å². The van der Waals surface area contributed by atoms with Gasteiger partial charge in [-0.25, -0.2) is 4.39 Å². The second kappa shape index (κ2) is 6.67. The van der Waals surface area contributed by atoms with Gasteiger partial charge in [0.15, 0.2) is 0 Å². The van der Waals surface area contributed by atoms with Gasteiger partial charge in [-0.3, -0.25) is 9.59 Å². The Balaban J connectivity index is 2.24. The molecule has 1 aliphatic heterocycles. The van der Waals surface area contributed by atoms with Gasteiger partial charge in [-0.05, 0) is 31.0 Å². The Morgan fingerprint density at radius 3 is 2.86 bits per heavy atom. The van der Waals surface area contributed by atoms with E-state index in [0.717, 1.165) is 6.42 Å². The van der Waals surface area contributed by atoms with Crippen molar-refractivity contribution in [2.45, 2.75) is 25.9 Å². The highest BCUT2D eigenvalue weighted by Crippen LogP contribution is 2.22. The zero-order valence-corrected chi connectivity index (χ0v) is 11.8. The van der Waals surface area contributed by atoms with Crippen LogP contribution in [0.4, 0.5) is 10.1 Å². The van der Waals surface area contributed by atoms with E-state index in [2.05, 4.69) is 0 Å². The first-order valence-electron chi connectivity index (χ1n) is 6.90. The van der Waals surface area contributed by atoms with Crippen LogP contribution in [-0.2, 0) is 14.3 Å². The molecule has 1 N–H and O–H groups in total. The van der Waals surface area contributed by atoms with Gasteiger partial charge in [0.2, 0.25) is 0 Å². The molecule has 0 aliphatic carbocycles. The van der Waals surface area contributed by atoms with Crippen LogP contribution in [0.25, 0.3) is 0 Å². The molecule has 1 aromatic rings. The van der Waals surface area contributed by atoms with E-state index in [-0.39, 0.29) is 12.5 Å². The van der Waals surface area contributed by atoms with Crippen LogP contribution in [0.15, 0.2) is 24.3 Å². The van der Waals surface area contributed by atoms with Gasteiger partial charge in [-0.2, -0.15) is 0 Å². The van der Waals surface area contributed by atoms with Crippen molar-refractivity contribution in [2.24, 2.45) is 5.92 Å². The number of hydrogen-bond donors (Lipinski definition) is 1. The molecule has 114 valence electrons. The predicted molar refractivity (Wildman–Crippen MR) is 74.5 cm³/mol. The molecule has 2 rings (SSSR count). The molecule has 21 heavy (non-hydrogen) atoms. The largest absolute Gasteiger partial charge is 0.481 e. The maximum atomic E-state index is 13.4. The summed E-state index contributed by atoms with van der Waals surface area (Å²) in [4.78, 5) is 24.8. The number of rotatable bonds is 5. The fourth-order valence-corrected chi connectivity index (χ4v) is 2.26. The number of carbonyl (C=O) groups excluding carboxylic acids is 1. The second-order valence-corrected chi connectivity index (χ2v) is 5.17. The Morgan fingerprint density at radius 2 is 2.29 bits per heavy atom. The third-order valence-electron chi connectivity index (χ3n) is 3.47. The number of carboxylic acids is 1. The lowest BCUT2D eigenvalue weighted by molar-refractivity contribution is -0.140. The standard InChI is InChI=1S/C15H18FNO4/c1-10(15(19)20)9-17(12-5-2-4-11(16)8-12)14(18)13-6-3-7-21-13/h2,4-5,8,10,13H,3,6-7,9H2,1H3,(H,19,20). The molecule has 6 heteroatoms. The predicted octanol–water partition coefficient (Wildman–Crippen LogP) is 2.06. The highest BCUT2D eigenvalue weighted by atomic mass is 19.1. The van der Waals surface area contributed by atoms with Gasteiger partial charge in [-0.15, -0.1) is 0 Å². The van der Waals surface area contributed by atoms with Gasteiger partial charge in [0, 0.05) is 18.8 Å². The SMILES string of the molecule is CC(CN(C(=O)C1CCCO1)c1cccc(F)c1)C(=O)O. The average molecular weight is 295 g/mol. The van der Waals surface area contributed by atoms with Crippen molar-refractivity contribution in [1.29, 1.82) is 0 Å². The van der Waals surface area contributed by atoms with Crippen molar-refractivity contribution in [1.82, 2.24) is 0 Å². The Bertz CT molecular complexity index is 528. The minimum Gasteiger partial charge on any atom is -0.481 e. The average Bonchev–Trinajstić information content (AvgIpc) is 2.97. The fraction of sp³-hybridized carbons (Fsp3) is 0.467. The van der Waals surface area contributed by atoms with Gasteiger partial charge in [-0.1, -0.05) is 13.0 Å². The second-order valence-electron chi connectivity index (χ2n) is 5.17. The summed E-state index contributed by atoms with van der Waals surface area (Å²) in [7, 11) is 0. The van der Waals surface area contributed by atoms with Gasteiger partial charge >= 0.3 is 5.97 Å². The molecule has 0 aromatic heterocycles. The summed E-state index contributed by atoms with van der Waals surface area (Å²) < 4.78 is 18.7. The molecule has 1 amide bonds. The lowest BCUT2D eigenvalue weighted by atomic mass is 10.1. The summed E-state index contributed by atoms with van der Waals surface area (Å²) in [5.74, 6) is -2.54. The third-order valence-corrected chi connectivity index (χ3v) is 3.47. The van der Waals surface area contributed by atoms with Crippen LogP contribution in [0.1, 0.15) is 19.8 Å². The Hall–Kier alpha value is -1.95. The molecule has 2 atom stereocenters. The van der Waals surface area contributed by atoms with Crippen molar-refractivity contribution in [3.8, 4) is 0 Å². The number of benzene rings is 1. The van der Waals surface area contributed by atoms with Crippen LogP contribution in [0.2, 0.25) is 0 Å². The molecule has 0 saturated carbocycles. The molecule has 1 saturated heterocycles. The molecule has 0 radical (unpaired) electrons. The zero-order valence-electron chi connectivity index (χ0n) is 11.8. The van der Waals surface area contributed by atoms with Crippen LogP contribution in [-0.4, -0.2) is 36.2 Å². The minimum absolute atomic E-state index is 0.0164. The number of aliphatic carboxylic acids is 1. The molecule has 1 aromatic carbocycles. The number of anilines is 1. The number of carbonyl (C=O) groups is 2. The molecule has 1 aliphatic rings. The van der Waals surface area contributed by atoms with Crippen LogP contribution < -0.4 is 4.90 Å². The summed E-state index contributed by atoms with van der Waals surface area (Å²) >= 11 is 0. The minimum atomic E-state index is -1.00. The highest BCUT2D eigenvalue weighted by molar-refractivity contribution is 5.97. The van der Waals surface area contributed by atoms with E-state index in [1.54, 1.807) is 6.07 Å². The van der Waals surface area contributed by atoms with E-state index < -0.39 is 23.8 Å². The van der Waals surface area contributed by atoms with Crippen molar-refractivity contribution < 1.29 is 23.8 Å². The van der Waals surface area contributed by atoms with Gasteiger partial charge in [0.25, 0.3) is 5.91 Å². The maximum absolute atomic E-state index is 13.4. The summed E-state index contributed by atoms with van der Waals surface area (Å²) in [6.07, 6.45) is 0.822. The molecule has 0 spiro atoms. The Morgan fingerprint density at radius 1 is 1.52 bits per heavy atom. The first-order chi connectivity index (χ1) is 9.99. The number of nitrogens with zero attached hydrogens (tertiary/aromatic N) is 1. The normalized spacial score (nSPS) is 19.2. The summed E-state index contributed by atoms with van der Waals surface area (Å²) in [6, 6.07) is 5.58. The third kappa shape index (κ3) is 3.78. The molecule has 2 unspecified atom stereocenters. The summed E-state index contributed by atoms with van der Waals surface area (Å²) in [5.41, 5.74) is 0.351. The Kier molecular flexibility index (Phi) is 4.90. The molecular formula is C15H18FNO4. The zero-order chi connectivity index (χ0) is 15.4. The summed E-state index contributed by atoms with van der Waals surface area (Å²) in [6.45, 7) is 2.01. The molecular weight excluding hydrogens is 277 g/mol. The topological polar surface area (TPSA) is 66.8 Å². The van der Waals surface area contributed by atoms with E-state index >= 15 is 0 Å². The van der Waals surface area contributed by atoms with Crippen molar-refractivity contribution in [3.05, 3.63) is 30.1 Å². The van der Waals surface area contributed by atoms with Crippen LogP contribution in [0.5, 0.6) is 0 Å². The van der Waals surface area contributed by atoms with Crippen LogP contribution >= 0.6 is 0 Å². The van der Waals surface area contributed by atoms with E-state index in [0.29, 0.717) is 18.7 Å². The number of hydrogen-bond acceptors (Lipinski definition) is 3. The number of carboxylic acid groups (broad SMARTS) is 1. The lowest BCUT2D eigenvalue weighted by Crippen LogP contribution is -2.42. The quantitative estimate of drug-likeness (QED) is 0.903. The smallest absolute Gasteiger partial charge is 0.308 e. The van der Waals surface area contributed by atoms with Gasteiger partial charge in [0.1, 0.15) is 11.9 Å². The van der Waals surface area contributed by atoms with Crippen molar-refractivity contribution in [3.63, 3.8) is 0 Å². The van der Waals surface area contributed by atoms with E-state index in [1.807, 2.05) is 0 Å². The first-order valence-corrected chi connectivity index (χ1v) is 6.90. The maximum Gasteiger partial charge on any atom is 0.308 e. The first kappa shape index (κ1) is 15.4. The summed E-state index contributed by atoms with van der Waals surface area (Å²) in [5, 5.41) is 9.04. The monoisotopic (exact) mass is 295 g/mol. The highest BCUT2D eigenvalue weighted by Gasteiger charge is 2.31. The van der Waals surface area contributed by atoms with Gasteiger partial charge in [0.05, 0.1) is 5.92 Å². The molecule has 0 bridgehead atoms. The van der Waals surface area contributed by atoms with Crippen molar-refractivity contribution >= 4 is 17.6 Å². The number of halogens is 1. The number of amides is 1. The lowest BCUT2D eigenvalue weighted by Gasteiger charge is -2.27. The van der Waals surface area contributed by atoms with Crippen LogP contribution in [0.3, 0.4) is 0 Å². The molecule has 5 nitrogen and oxygen atoms in total. The van der Waals surface area contributed by atoms with Gasteiger partial charge < -0.3 is 14.7 Å². The van der Waals surface area contributed by atoms with Crippen LogP contribution in [0, 0.1) is 11.7 Å². The molecule has 1 fully saturated rings. The number of ether oxygens (including phenoxy) is 1. The fourth-order valence-electron chi connectivity index (χ4n) is 2.26.